The van der Waals surface area contributed by atoms with Crippen molar-refractivity contribution in [2.75, 3.05) is 26.4 Å². The molecule has 4 heteroatoms. The Labute approximate surface area is 108 Å². The van der Waals surface area contributed by atoms with Gasteiger partial charge in [0, 0.05) is 18.6 Å². The summed E-state index contributed by atoms with van der Waals surface area (Å²) in [5.41, 5.74) is 5.96. The van der Waals surface area contributed by atoms with Crippen LogP contribution >= 0.6 is 0 Å². The van der Waals surface area contributed by atoms with Gasteiger partial charge in [-0.15, -0.1) is 0 Å². The molecular formula is C14H21NO3. The van der Waals surface area contributed by atoms with Crippen molar-refractivity contribution >= 4 is 0 Å². The minimum Gasteiger partial charge on any atom is -0.490 e. The Balaban J connectivity index is 1.86. The van der Waals surface area contributed by atoms with Crippen LogP contribution in [0.3, 0.4) is 0 Å². The number of rotatable bonds is 6. The summed E-state index contributed by atoms with van der Waals surface area (Å²) in [5, 5.41) is 0. The predicted molar refractivity (Wildman–Crippen MR) is 70.1 cm³/mol. The van der Waals surface area contributed by atoms with Gasteiger partial charge >= 0.3 is 0 Å². The topological polar surface area (TPSA) is 53.7 Å². The molecule has 0 aliphatic carbocycles. The van der Waals surface area contributed by atoms with Crippen LogP contribution in [0.1, 0.15) is 19.8 Å². The Kier molecular flexibility index (Phi) is 4.44. The second-order valence-electron chi connectivity index (χ2n) is 4.64. The molecular weight excluding hydrogens is 230 g/mol. The number of para-hydroxylation sites is 2. The normalized spacial score (nSPS) is 23.0. The average Bonchev–Trinajstić information content (AvgIpc) is 2.79. The summed E-state index contributed by atoms with van der Waals surface area (Å²) >= 11 is 0. The van der Waals surface area contributed by atoms with E-state index in [1.54, 1.807) is 0 Å². The molecule has 1 atom stereocenters. The van der Waals surface area contributed by atoms with Crippen LogP contribution in [0.15, 0.2) is 24.3 Å². The van der Waals surface area contributed by atoms with E-state index >= 15 is 0 Å². The van der Waals surface area contributed by atoms with Gasteiger partial charge < -0.3 is 19.9 Å². The summed E-state index contributed by atoms with van der Waals surface area (Å²) in [6.07, 6.45) is 1.71. The fraction of sp³-hybridized carbons (Fsp3) is 0.571. The minimum absolute atomic E-state index is 0.222. The third-order valence-corrected chi connectivity index (χ3v) is 3.14. The van der Waals surface area contributed by atoms with E-state index < -0.39 is 0 Å². The van der Waals surface area contributed by atoms with Crippen molar-refractivity contribution in [3.63, 3.8) is 0 Å². The molecule has 0 amide bonds. The molecule has 1 saturated heterocycles. The summed E-state index contributed by atoms with van der Waals surface area (Å²) < 4.78 is 16.6. The molecule has 1 aromatic rings. The first-order valence-electron chi connectivity index (χ1n) is 6.45. The molecule has 0 spiro atoms. The fourth-order valence-corrected chi connectivity index (χ4v) is 2.03. The minimum atomic E-state index is -0.222. The summed E-state index contributed by atoms with van der Waals surface area (Å²) in [6, 6.07) is 7.71. The van der Waals surface area contributed by atoms with Gasteiger partial charge in [-0.25, -0.2) is 0 Å². The molecule has 1 unspecified atom stereocenters. The van der Waals surface area contributed by atoms with Crippen LogP contribution in [0, 0.1) is 0 Å². The summed E-state index contributed by atoms with van der Waals surface area (Å²) in [7, 11) is 0. The van der Waals surface area contributed by atoms with E-state index in [1.807, 2.05) is 31.2 Å². The second-order valence-corrected chi connectivity index (χ2v) is 4.64. The summed E-state index contributed by atoms with van der Waals surface area (Å²) in [5.74, 6) is 1.57. The molecule has 1 aliphatic rings. The van der Waals surface area contributed by atoms with Crippen LogP contribution in [-0.4, -0.2) is 32.0 Å². The van der Waals surface area contributed by atoms with E-state index in [4.69, 9.17) is 19.9 Å². The van der Waals surface area contributed by atoms with Gasteiger partial charge in [-0.2, -0.15) is 0 Å². The molecule has 1 fully saturated rings. The molecule has 1 aromatic carbocycles. The molecule has 0 radical (unpaired) electrons. The van der Waals surface area contributed by atoms with Crippen LogP contribution in [0.25, 0.3) is 0 Å². The lowest BCUT2D eigenvalue weighted by molar-refractivity contribution is 0.166. The quantitative estimate of drug-likeness (QED) is 0.840. The molecule has 0 saturated carbocycles. The standard InChI is InChI=1S/C14H21NO3/c1-2-17-12-5-3-4-6-13(12)18-10-8-14(15)7-9-16-11-14/h3-6H,2,7-11,15H2,1H3. The number of hydrogen-bond acceptors (Lipinski definition) is 4. The summed E-state index contributed by atoms with van der Waals surface area (Å²) in [4.78, 5) is 0. The van der Waals surface area contributed by atoms with Crippen LogP contribution in [0.4, 0.5) is 0 Å². The van der Waals surface area contributed by atoms with E-state index in [0.29, 0.717) is 19.8 Å². The van der Waals surface area contributed by atoms with Gasteiger partial charge in [-0.1, -0.05) is 12.1 Å². The third-order valence-electron chi connectivity index (χ3n) is 3.14. The smallest absolute Gasteiger partial charge is 0.161 e. The van der Waals surface area contributed by atoms with Gasteiger partial charge in [-0.05, 0) is 25.5 Å². The van der Waals surface area contributed by atoms with Crippen LogP contribution in [0.2, 0.25) is 0 Å². The SMILES string of the molecule is CCOc1ccccc1OCCC1(N)CCOC1. The highest BCUT2D eigenvalue weighted by molar-refractivity contribution is 5.39. The van der Waals surface area contributed by atoms with E-state index in [2.05, 4.69) is 0 Å². The van der Waals surface area contributed by atoms with Crippen molar-refractivity contribution in [1.82, 2.24) is 0 Å². The van der Waals surface area contributed by atoms with Gasteiger partial charge in [0.05, 0.1) is 19.8 Å². The molecule has 1 aliphatic heterocycles. The fourth-order valence-electron chi connectivity index (χ4n) is 2.03. The molecule has 1 heterocycles. The lowest BCUT2D eigenvalue weighted by atomic mass is 9.97. The number of nitrogens with two attached hydrogens (primary N) is 1. The van der Waals surface area contributed by atoms with Gasteiger partial charge in [0.2, 0.25) is 0 Å². The molecule has 0 aromatic heterocycles. The third kappa shape index (κ3) is 3.37. The summed E-state index contributed by atoms with van der Waals surface area (Å²) in [6.45, 7) is 4.57. The zero-order valence-corrected chi connectivity index (χ0v) is 10.9. The highest BCUT2D eigenvalue weighted by Gasteiger charge is 2.30. The van der Waals surface area contributed by atoms with Crippen LogP contribution in [-0.2, 0) is 4.74 Å². The molecule has 2 rings (SSSR count). The number of ether oxygens (including phenoxy) is 3. The molecule has 2 N–H and O–H groups in total. The van der Waals surface area contributed by atoms with Crippen LogP contribution < -0.4 is 15.2 Å². The Morgan fingerprint density at radius 3 is 2.61 bits per heavy atom. The monoisotopic (exact) mass is 251 g/mol. The van der Waals surface area contributed by atoms with Crippen molar-refractivity contribution in [1.29, 1.82) is 0 Å². The largest absolute Gasteiger partial charge is 0.490 e. The van der Waals surface area contributed by atoms with Gasteiger partial charge in [0.15, 0.2) is 11.5 Å². The van der Waals surface area contributed by atoms with E-state index in [-0.39, 0.29) is 5.54 Å². The molecule has 18 heavy (non-hydrogen) atoms. The maximum absolute atomic E-state index is 6.18. The maximum atomic E-state index is 6.18. The maximum Gasteiger partial charge on any atom is 0.161 e. The van der Waals surface area contributed by atoms with Gasteiger partial charge in [0.25, 0.3) is 0 Å². The van der Waals surface area contributed by atoms with Gasteiger partial charge in [-0.3, -0.25) is 0 Å². The first kappa shape index (κ1) is 13.2. The van der Waals surface area contributed by atoms with E-state index in [1.165, 1.54) is 0 Å². The zero-order valence-electron chi connectivity index (χ0n) is 10.9. The predicted octanol–water partition coefficient (Wildman–Crippen LogP) is 1.97. The molecule has 4 nitrogen and oxygen atoms in total. The van der Waals surface area contributed by atoms with Crippen molar-refractivity contribution in [2.24, 2.45) is 5.73 Å². The lowest BCUT2D eigenvalue weighted by Gasteiger charge is -2.21. The Bertz CT molecular complexity index is 375. The van der Waals surface area contributed by atoms with Gasteiger partial charge in [0.1, 0.15) is 0 Å². The van der Waals surface area contributed by atoms with E-state index in [9.17, 15) is 0 Å². The first-order chi connectivity index (χ1) is 8.73. The van der Waals surface area contributed by atoms with Crippen molar-refractivity contribution in [3.8, 4) is 11.5 Å². The first-order valence-corrected chi connectivity index (χ1v) is 6.45. The zero-order chi connectivity index (χ0) is 12.8. The average molecular weight is 251 g/mol. The van der Waals surface area contributed by atoms with Crippen molar-refractivity contribution in [3.05, 3.63) is 24.3 Å². The Morgan fingerprint density at radius 2 is 2.00 bits per heavy atom. The second kappa shape index (κ2) is 6.07. The van der Waals surface area contributed by atoms with Crippen molar-refractivity contribution in [2.45, 2.75) is 25.3 Å². The Hall–Kier alpha value is -1.26. The number of hydrogen-bond donors (Lipinski definition) is 1. The number of benzene rings is 1. The lowest BCUT2D eigenvalue weighted by Crippen LogP contribution is -2.41. The van der Waals surface area contributed by atoms with E-state index in [0.717, 1.165) is 30.9 Å². The van der Waals surface area contributed by atoms with Crippen molar-refractivity contribution < 1.29 is 14.2 Å². The Morgan fingerprint density at radius 1 is 1.28 bits per heavy atom. The highest BCUT2D eigenvalue weighted by Crippen LogP contribution is 2.27. The van der Waals surface area contributed by atoms with Crippen LogP contribution in [0.5, 0.6) is 11.5 Å². The highest BCUT2D eigenvalue weighted by atomic mass is 16.5. The molecule has 0 bridgehead atoms. The molecule has 100 valence electrons.